The predicted octanol–water partition coefficient (Wildman–Crippen LogP) is 2.68. The van der Waals surface area contributed by atoms with Crippen LogP contribution in [0.5, 0.6) is 0 Å². The van der Waals surface area contributed by atoms with Gasteiger partial charge in [0.05, 0.1) is 5.70 Å². The van der Waals surface area contributed by atoms with Crippen molar-refractivity contribution in [1.82, 2.24) is 0 Å². The highest BCUT2D eigenvalue weighted by Crippen LogP contribution is 1.98. The molecule has 0 fully saturated rings. The van der Waals surface area contributed by atoms with E-state index in [0.29, 0.717) is 12.3 Å². The molecule has 0 rings (SSSR count). The van der Waals surface area contributed by atoms with Crippen LogP contribution in [0.1, 0.15) is 6.92 Å². The Labute approximate surface area is 119 Å². The highest BCUT2D eigenvalue weighted by Gasteiger charge is 2.03. The van der Waals surface area contributed by atoms with Crippen molar-refractivity contribution in [2.24, 2.45) is 31.2 Å². The molecule has 0 heterocycles. The van der Waals surface area contributed by atoms with E-state index in [9.17, 15) is 0 Å². The summed E-state index contributed by atoms with van der Waals surface area (Å²) in [5.74, 6) is 5.53. The average molecular weight is 272 g/mol. The summed E-state index contributed by atoms with van der Waals surface area (Å²) in [4.78, 5) is 8.16. The highest BCUT2D eigenvalue weighted by atomic mass is 15.2. The van der Waals surface area contributed by atoms with Gasteiger partial charge < -0.3 is 5.84 Å². The fourth-order valence-electron chi connectivity index (χ4n) is 1.08. The third kappa shape index (κ3) is 6.95. The summed E-state index contributed by atoms with van der Waals surface area (Å²) in [5, 5.41) is 11.5. The molecule has 0 aliphatic carbocycles. The molecule has 0 radical (unpaired) electrons. The Morgan fingerprint density at radius 2 is 2.00 bits per heavy atom. The fraction of sp³-hybridized carbons (Fsp3) is 0.214. The Balaban J connectivity index is 4.85. The van der Waals surface area contributed by atoms with E-state index in [1.807, 2.05) is 13.0 Å². The van der Waals surface area contributed by atoms with Crippen molar-refractivity contribution in [3.63, 3.8) is 0 Å². The van der Waals surface area contributed by atoms with Crippen LogP contribution in [0.25, 0.3) is 0 Å². The van der Waals surface area contributed by atoms with Crippen LogP contribution in [0.3, 0.4) is 0 Å². The molecule has 0 atom stereocenters. The minimum Gasteiger partial charge on any atom is -0.321 e. The maximum atomic E-state index is 5.29. The molecule has 0 aromatic carbocycles. The predicted molar refractivity (Wildman–Crippen MR) is 86.5 cm³/mol. The van der Waals surface area contributed by atoms with E-state index in [0.717, 1.165) is 5.70 Å². The fourth-order valence-corrected chi connectivity index (χ4v) is 1.08. The van der Waals surface area contributed by atoms with Crippen LogP contribution in [0, 0.1) is 0 Å². The minimum atomic E-state index is 0.244. The number of aliphatic imine (C=N–C) groups is 2. The minimum absolute atomic E-state index is 0.244. The molecular formula is C14H20N6. The Bertz CT molecular complexity index is 492. The molecule has 0 spiro atoms. The zero-order valence-electron chi connectivity index (χ0n) is 11.9. The van der Waals surface area contributed by atoms with Gasteiger partial charge in [-0.3, -0.25) is 9.98 Å². The van der Waals surface area contributed by atoms with Crippen LogP contribution in [0.4, 0.5) is 0 Å². The number of hydrogen-bond acceptors (Lipinski definition) is 5. The van der Waals surface area contributed by atoms with Crippen molar-refractivity contribution in [3.05, 3.63) is 49.2 Å². The van der Waals surface area contributed by atoms with Gasteiger partial charge in [0.1, 0.15) is 12.3 Å². The third-order valence-electron chi connectivity index (χ3n) is 2.06. The summed E-state index contributed by atoms with van der Waals surface area (Å²) in [5.41, 5.74) is 1.29. The molecule has 0 aromatic heterocycles. The molecule has 2 N–H and O–H groups in total. The van der Waals surface area contributed by atoms with Crippen molar-refractivity contribution in [2.75, 3.05) is 13.6 Å². The number of nitrogens with two attached hydrogens (primary N) is 1. The lowest BCUT2D eigenvalue weighted by atomic mass is 10.3. The first kappa shape index (κ1) is 17.4. The van der Waals surface area contributed by atoms with E-state index >= 15 is 0 Å². The van der Waals surface area contributed by atoms with Crippen LogP contribution in [0.2, 0.25) is 0 Å². The standard InChI is InChI=1S/C14H20N6/c1-5-8-9-13(16-4)14(19-15)20-18-11-12(7-3)17-10-6-2/h5-10H,1-2,11,15H2,3-4H3/b9-8-,12-7-,16-13?,17-10?,19-14-,20-18?. The van der Waals surface area contributed by atoms with Gasteiger partial charge in [-0.1, -0.05) is 37.5 Å². The summed E-state index contributed by atoms with van der Waals surface area (Å²) in [6.45, 7) is 9.32. The highest BCUT2D eigenvalue weighted by molar-refractivity contribution is 6.45. The van der Waals surface area contributed by atoms with Crippen LogP contribution in [0.15, 0.2) is 74.5 Å². The van der Waals surface area contributed by atoms with Crippen LogP contribution < -0.4 is 5.84 Å². The molecule has 106 valence electrons. The Morgan fingerprint density at radius 3 is 2.50 bits per heavy atom. The van der Waals surface area contributed by atoms with Crippen molar-refractivity contribution in [3.8, 4) is 0 Å². The Hall–Kier alpha value is -2.63. The lowest BCUT2D eigenvalue weighted by Crippen LogP contribution is -2.11. The van der Waals surface area contributed by atoms with E-state index in [4.69, 9.17) is 5.84 Å². The zero-order chi connectivity index (χ0) is 15.2. The molecular weight excluding hydrogens is 252 g/mol. The molecule has 20 heavy (non-hydrogen) atoms. The third-order valence-corrected chi connectivity index (χ3v) is 2.06. The second kappa shape index (κ2) is 11.5. The first-order valence-corrected chi connectivity index (χ1v) is 5.95. The maximum Gasteiger partial charge on any atom is 0.217 e. The van der Waals surface area contributed by atoms with Gasteiger partial charge in [-0.05, 0) is 13.0 Å². The van der Waals surface area contributed by atoms with E-state index in [2.05, 4.69) is 38.5 Å². The van der Waals surface area contributed by atoms with Crippen molar-refractivity contribution in [2.45, 2.75) is 6.92 Å². The normalized spacial score (nSPS) is 14.6. The summed E-state index contributed by atoms with van der Waals surface area (Å²) >= 11 is 0. The van der Waals surface area contributed by atoms with Gasteiger partial charge in [-0.2, -0.15) is 10.2 Å². The number of hydrazone groups is 1. The zero-order valence-corrected chi connectivity index (χ0v) is 11.9. The second-order valence-electron chi connectivity index (χ2n) is 3.35. The molecule has 0 bridgehead atoms. The van der Waals surface area contributed by atoms with Gasteiger partial charge in [0.25, 0.3) is 0 Å². The first-order chi connectivity index (χ1) is 9.73. The quantitative estimate of drug-likeness (QED) is 0.189. The summed E-state index contributed by atoms with van der Waals surface area (Å²) < 4.78 is 0. The van der Waals surface area contributed by atoms with Gasteiger partial charge in [-0.25, -0.2) is 0 Å². The molecule has 0 aromatic rings. The Morgan fingerprint density at radius 1 is 1.25 bits per heavy atom. The van der Waals surface area contributed by atoms with Gasteiger partial charge in [0, 0.05) is 13.3 Å². The molecule has 0 aliphatic heterocycles. The van der Waals surface area contributed by atoms with E-state index in [-0.39, 0.29) is 5.84 Å². The summed E-state index contributed by atoms with van der Waals surface area (Å²) in [7, 11) is 1.62. The van der Waals surface area contributed by atoms with Gasteiger partial charge in [-0.15, -0.1) is 5.11 Å². The van der Waals surface area contributed by atoms with Crippen LogP contribution >= 0.6 is 0 Å². The lowest BCUT2D eigenvalue weighted by molar-refractivity contribution is 1.01. The number of allylic oxidation sites excluding steroid dienone is 4. The smallest absolute Gasteiger partial charge is 0.217 e. The van der Waals surface area contributed by atoms with Crippen molar-refractivity contribution in [1.29, 1.82) is 0 Å². The number of nitrogens with zero attached hydrogens (tertiary/aromatic N) is 5. The van der Waals surface area contributed by atoms with E-state index in [1.165, 1.54) is 0 Å². The SMILES string of the molecule is C=CC=N/C(=C\C)CN=N/C(=N\N)C(/C=C\C=C)=NC. The molecule has 6 heteroatoms. The summed E-state index contributed by atoms with van der Waals surface area (Å²) in [6.07, 6.45) is 10.1. The van der Waals surface area contributed by atoms with Crippen molar-refractivity contribution >= 4 is 17.8 Å². The molecule has 0 saturated heterocycles. The average Bonchev–Trinajstić information content (AvgIpc) is 2.48. The second-order valence-corrected chi connectivity index (χ2v) is 3.35. The molecule has 6 nitrogen and oxygen atoms in total. The number of azo groups is 1. The van der Waals surface area contributed by atoms with Gasteiger partial charge >= 0.3 is 0 Å². The first-order valence-electron chi connectivity index (χ1n) is 5.95. The molecule has 0 unspecified atom stereocenters. The van der Waals surface area contributed by atoms with Gasteiger partial charge in [0.2, 0.25) is 5.84 Å². The Kier molecular flexibility index (Phi) is 9.95. The largest absolute Gasteiger partial charge is 0.321 e. The molecule has 0 amide bonds. The molecule has 0 aliphatic rings. The van der Waals surface area contributed by atoms with Crippen LogP contribution in [-0.2, 0) is 0 Å². The summed E-state index contributed by atoms with van der Waals surface area (Å²) in [6, 6.07) is 0. The lowest BCUT2D eigenvalue weighted by Gasteiger charge is -1.98. The maximum absolute atomic E-state index is 5.29. The van der Waals surface area contributed by atoms with Crippen LogP contribution in [-0.4, -0.2) is 31.4 Å². The topological polar surface area (TPSA) is 87.8 Å². The van der Waals surface area contributed by atoms with E-state index in [1.54, 1.807) is 37.6 Å². The number of rotatable bonds is 7. The monoisotopic (exact) mass is 272 g/mol. The van der Waals surface area contributed by atoms with Crippen molar-refractivity contribution < 1.29 is 0 Å². The number of amidine groups is 1. The van der Waals surface area contributed by atoms with E-state index < -0.39 is 0 Å². The van der Waals surface area contributed by atoms with Gasteiger partial charge in [0.15, 0.2) is 0 Å². The molecule has 0 saturated carbocycles. The number of hydrogen-bond donors (Lipinski definition) is 1.